The Balaban J connectivity index is 2.19. The Morgan fingerprint density at radius 3 is 2.50 bits per heavy atom. The van der Waals surface area contributed by atoms with Gasteiger partial charge in [-0.25, -0.2) is 0 Å². The molecule has 0 spiro atoms. The number of ether oxygens (including phenoxy) is 1. The predicted molar refractivity (Wildman–Crippen MR) is 80.3 cm³/mol. The molecule has 0 aliphatic carbocycles. The van der Waals surface area contributed by atoms with E-state index in [-0.39, 0.29) is 17.9 Å². The number of benzene rings is 2. The van der Waals surface area contributed by atoms with E-state index in [0.29, 0.717) is 5.02 Å². The molecule has 0 saturated carbocycles. The maximum Gasteiger partial charge on any atom is 0.387 e. The van der Waals surface area contributed by atoms with Gasteiger partial charge in [0, 0.05) is 18.6 Å². The first-order chi connectivity index (χ1) is 10.5. The molecule has 0 radical (unpaired) electrons. The first kappa shape index (κ1) is 16.2. The standard InChI is InChI=1S/C16H14ClF2NO2/c1-20(10-11-6-2-4-8-13(11)17)15(21)12-7-3-5-9-14(12)22-16(18)19/h2-9,16H,10H2,1H3. The molecule has 0 unspecified atom stereocenters. The number of nitrogens with zero attached hydrogens (tertiary/aromatic N) is 1. The zero-order valence-corrected chi connectivity index (χ0v) is 12.6. The molecule has 0 heterocycles. The SMILES string of the molecule is CN(Cc1ccccc1Cl)C(=O)c1ccccc1OC(F)F. The number of carbonyl (C=O) groups excluding carboxylic acids is 1. The lowest BCUT2D eigenvalue weighted by molar-refractivity contribution is -0.0502. The van der Waals surface area contributed by atoms with Crippen molar-refractivity contribution >= 4 is 17.5 Å². The molecule has 0 aliphatic rings. The molecule has 0 saturated heterocycles. The van der Waals surface area contributed by atoms with E-state index in [4.69, 9.17) is 11.6 Å². The van der Waals surface area contributed by atoms with E-state index >= 15 is 0 Å². The fourth-order valence-electron chi connectivity index (χ4n) is 2.00. The van der Waals surface area contributed by atoms with Crippen LogP contribution < -0.4 is 4.74 Å². The van der Waals surface area contributed by atoms with Crippen LogP contribution in [0.15, 0.2) is 48.5 Å². The Morgan fingerprint density at radius 2 is 1.82 bits per heavy atom. The fraction of sp³-hybridized carbons (Fsp3) is 0.188. The highest BCUT2D eigenvalue weighted by molar-refractivity contribution is 6.31. The van der Waals surface area contributed by atoms with E-state index in [1.54, 1.807) is 31.3 Å². The van der Waals surface area contributed by atoms with E-state index in [9.17, 15) is 13.6 Å². The number of hydrogen-bond acceptors (Lipinski definition) is 2. The minimum Gasteiger partial charge on any atom is -0.434 e. The average Bonchev–Trinajstić information content (AvgIpc) is 2.49. The number of rotatable bonds is 5. The van der Waals surface area contributed by atoms with Gasteiger partial charge in [-0.1, -0.05) is 41.9 Å². The number of alkyl halides is 2. The lowest BCUT2D eigenvalue weighted by atomic mass is 10.1. The third-order valence-corrected chi connectivity index (χ3v) is 3.41. The van der Waals surface area contributed by atoms with Crippen LogP contribution in [0.3, 0.4) is 0 Å². The first-order valence-corrected chi connectivity index (χ1v) is 6.89. The molecule has 3 nitrogen and oxygen atoms in total. The summed E-state index contributed by atoms with van der Waals surface area (Å²) in [5.41, 5.74) is 0.852. The Kier molecular flexibility index (Phi) is 5.33. The van der Waals surface area contributed by atoms with Crippen molar-refractivity contribution in [3.05, 3.63) is 64.7 Å². The molecule has 2 aromatic carbocycles. The summed E-state index contributed by atoms with van der Waals surface area (Å²) in [7, 11) is 1.57. The van der Waals surface area contributed by atoms with Gasteiger partial charge in [0.05, 0.1) is 5.56 Å². The smallest absolute Gasteiger partial charge is 0.387 e. The molecule has 116 valence electrons. The highest BCUT2D eigenvalue weighted by Crippen LogP contribution is 2.23. The van der Waals surface area contributed by atoms with Gasteiger partial charge >= 0.3 is 6.61 Å². The van der Waals surface area contributed by atoms with E-state index in [1.165, 1.54) is 23.1 Å². The maximum absolute atomic E-state index is 12.4. The van der Waals surface area contributed by atoms with Crippen molar-refractivity contribution in [3.63, 3.8) is 0 Å². The Labute approximate surface area is 132 Å². The molecule has 22 heavy (non-hydrogen) atoms. The summed E-state index contributed by atoms with van der Waals surface area (Å²) in [5.74, 6) is -0.565. The first-order valence-electron chi connectivity index (χ1n) is 6.51. The average molecular weight is 326 g/mol. The summed E-state index contributed by atoms with van der Waals surface area (Å²) in [5, 5.41) is 0.541. The van der Waals surface area contributed by atoms with Gasteiger partial charge < -0.3 is 9.64 Å². The number of hydrogen-bond donors (Lipinski definition) is 0. The van der Waals surface area contributed by atoms with Gasteiger partial charge in [-0.05, 0) is 23.8 Å². The van der Waals surface area contributed by atoms with Gasteiger partial charge in [0.1, 0.15) is 5.75 Å². The van der Waals surface area contributed by atoms with Crippen molar-refractivity contribution in [2.75, 3.05) is 7.05 Å². The normalized spacial score (nSPS) is 10.6. The van der Waals surface area contributed by atoms with Gasteiger partial charge in [-0.3, -0.25) is 4.79 Å². The van der Waals surface area contributed by atoms with Crippen LogP contribution in [0.2, 0.25) is 5.02 Å². The Morgan fingerprint density at radius 1 is 1.18 bits per heavy atom. The van der Waals surface area contributed by atoms with Crippen molar-refractivity contribution in [3.8, 4) is 5.75 Å². The van der Waals surface area contributed by atoms with E-state index < -0.39 is 12.5 Å². The van der Waals surface area contributed by atoms with Crippen LogP contribution in [-0.4, -0.2) is 24.5 Å². The van der Waals surface area contributed by atoms with E-state index in [1.807, 2.05) is 6.07 Å². The van der Waals surface area contributed by atoms with E-state index in [0.717, 1.165) is 5.56 Å². The zero-order chi connectivity index (χ0) is 16.1. The maximum atomic E-state index is 12.4. The molecule has 1 amide bonds. The quantitative estimate of drug-likeness (QED) is 0.824. The largest absolute Gasteiger partial charge is 0.434 e. The van der Waals surface area contributed by atoms with Crippen molar-refractivity contribution in [1.29, 1.82) is 0 Å². The highest BCUT2D eigenvalue weighted by Gasteiger charge is 2.19. The highest BCUT2D eigenvalue weighted by atomic mass is 35.5. The van der Waals surface area contributed by atoms with Crippen molar-refractivity contribution in [2.24, 2.45) is 0 Å². The second kappa shape index (κ2) is 7.22. The van der Waals surface area contributed by atoms with Crippen LogP contribution in [0, 0.1) is 0 Å². The molecule has 2 rings (SSSR count). The van der Waals surface area contributed by atoms with Crippen LogP contribution in [0.4, 0.5) is 8.78 Å². The summed E-state index contributed by atoms with van der Waals surface area (Å²) in [6, 6.07) is 13.0. The van der Waals surface area contributed by atoms with Crippen LogP contribution in [0.5, 0.6) is 5.75 Å². The lowest BCUT2D eigenvalue weighted by Gasteiger charge is -2.19. The predicted octanol–water partition coefficient (Wildman–Crippen LogP) is 4.21. The monoisotopic (exact) mass is 325 g/mol. The Hall–Kier alpha value is -2.14. The molecular formula is C16H14ClF2NO2. The van der Waals surface area contributed by atoms with Crippen LogP contribution >= 0.6 is 11.6 Å². The summed E-state index contributed by atoms with van der Waals surface area (Å²) < 4.78 is 29.2. The van der Waals surface area contributed by atoms with Gasteiger partial charge in [-0.15, -0.1) is 0 Å². The third-order valence-electron chi connectivity index (χ3n) is 3.05. The molecule has 0 bridgehead atoms. The molecule has 2 aromatic rings. The van der Waals surface area contributed by atoms with Gasteiger partial charge in [0.2, 0.25) is 0 Å². The van der Waals surface area contributed by atoms with E-state index in [2.05, 4.69) is 4.74 Å². The minimum absolute atomic E-state index is 0.0809. The third kappa shape index (κ3) is 3.95. The lowest BCUT2D eigenvalue weighted by Crippen LogP contribution is -2.27. The molecule has 0 aromatic heterocycles. The van der Waals surface area contributed by atoms with Crippen LogP contribution in [-0.2, 0) is 6.54 Å². The number of halogens is 3. The second-order valence-corrected chi connectivity index (χ2v) is 5.03. The van der Waals surface area contributed by atoms with Gasteiger partial charge in [0.15, 0.2) is 0 Å². The second-order valence-electron chi connectivity index (χ2n) is 4.63. The van der Waals surface area contributed by atoms with Gasteiger partial charge in [0.25, 0.3) is 5.91 Å². The van der Waals surface area contributed by atoms with Crippen LogP contribution in [0.1, 0.15) is 15.9 Å². The molecule has 0 fully saturated rings. The summed E-state index contributed by atoms with van der Waals surface area (Å²) in [6.07, 6.45) is 0. The number of para-hydroxylation sites is 1. The Bertz CT molecular complexity index is 664. The van der Waals surface area contributed by atoms with Crippen molar-refractivity contribution < 1.29 is 18.3 Å². The van der Waals surface area contributed by atoms with Gasteiger partial charge in [-0.2, -0.15) is 8.78 Å². The molecule has 0 aliphatic heterocycles. The number of amides is 1. The topological polar surface area (TPSA) is 29.5 Å². The molecule has 0 N–H and O–H groups in total. The molecule has 0 atom stereocenters. The summed E-state index contributed by atoms with van der Waals surface area (Å²) >= 11 is 6.06. The molecular weight excluding hydrogens is 312 g/mol. The fourth-order valence-corrected chi connectivity index (χ4v) is 2.20. The summed E-state index contributed by atoms with van der Waals surface area (Å²) in [4.78, 5) is 13.8. The minimum atomic E-state index is -2.98. The number of carbonyl (C=O) groups is 1. The molecule has 6 heteroatoms. The van der Waals surface area contributed by atoms with Crippen molar-refractivity contribution in [1.82, 2.24) is 4.90 Å². The summed E-state index contributed by atoms with van der Waals surface area (Å²) in [6.45, 7) is -2.72. The van der Waals surface area contributed by atoms with Crippen LogP contribution in [0.25, 0.3) is 0 Å². The zero-order valence-electron chi connectivity index (χ0n) is 11.8. The van der Waals surface area contributed by atoms with Crippen molar-refractivity contribution in [2.45, 2.75) is 13.2 Å².